The Bertz CT molecular complexity index is 274. The van der Waals surface area contributed by atoms with Crippen LogP contribution in [0.4, 0.5) is 0 Å². The molecule has 0 aromatic rings. The highest BCUT2D eigenvalue weighted by molar-refractivity contribution is 4.99. The maximum absolute atomic E-state index is 2.54. The fourth-order valence-electron chi connectivity index (χ4n) is 4.53. The van der Waals surface area contributed by atoms with Gasteiger partial charge in [-0.1, -0.05) is 34.1 Å². The number of hydrogen-bond acceptors (Lipinski definition) is 0. The topological polar surface area (TPSA) is 0 Å². The second kappa shape index (κ2) is 4.28. The van der Waals surface area contributed by atoms with Gasteiger partial charge in [0.15, 0.2) is 0 Å². The summed E-state index contributed by atoms with van der Waals surface area (Å²) in [5.74, 6) is 8.69. The Morgan fingerprint density at radius 3 is 2.24 bits per heavy atom. The van der Waals surface area contributed by atoms with Gasteiger partial charge in [0.25, 0.3) is 0 Å². The minimum Gasteiger partial charge on any atom is -0.0651 e. The summed E-state index contributed by atoms with van der Waals surface area (Å²) in [7, 11) is 0. The fourth-order valence-corrected chi connectivity index (χ4v) is 4.53. The van der Waals surface area contributed by atoms with Gasteiger partial charge in [0, 0.05) is 0 Å². The lowest BCUT2D eigenvalue weighted by atomic mass is 9.95. The lowest BCUT2D eigenvalue weighted by Crippen LogP contribution is -2.02. The Hall–Kier alpha value is 0. The molecule has 0 spiro atoms. The average molecular weight is 234 g/mol. The van der Waals surface area contributed by atoms with E-state index in [0.717, 1.165) is 47.3 Å². The molecule has 0 aromatic carbocycles. The van der Waals surface area contributed by atoms with Crippen LogP contribution in [0.2, 0.25) is 0 Å². The molecular formula is C17H30. The zero-order valence-electron chi connectivity index (χ0n) is 12.2. The fraction of sp³-hybridized carbons (Fsp3) is 1.00. The van der Waals surface area contributed by atoms with Crippen LogP contribution in [-0.2, 0) is 0 Å². The van der Waals surface area contributed by atoms with Crippen molar-refractivity contribution in [1.29, 1.82) is 0 Å². The Morgan fingerprint density at radius 1 is 1.00 bits per heavy atom. The van der Waals surface area contributed by atoms with E-state index in [9.17, 15) is 0 Å². The van der Waals surface area contributed by atoms with Crippen molar-refractivity contribution in [3.63, 3.8) is 0 Å². The normalized spacial score (nSPS) is 53.3. The molecule has 0 aliphatic heterocycles. The van der Waals surface area contributed by atoms with Crippen LogP contribution in [0.3, 0.4) is 0 Å². The van der Waals surface area contributed by atoms with Gasteiger partial charge in [-0.15, -0.1) is 0 Å². The Balaban J connectivity index is 1.36. The van der Waals surface area contributed by atoms with E-state index >= 15 is 0 Å². The molecule has 0 bridgehead atoms. The molecule has 7 atom stereocenters. The second-order valence-electron chi connectivity index (χ2n) is 7.65. The molecule has 3 rings (SSSR count). The van der Waals surface area contributed by atoms with Crippen molar-refractivity contribution in [3.8, 4) is 0 Å². The maximum Gasteiger partial charge on any atom is -0.0355 e. The van der Waals surface area contributed by atoms with Gasteiger partial charge in [-0.2, -0.15) is 0 Å². The lowest BCUT2D eigenvalue weighted by molar-refractivity contribution is 0.393. The van der Waals surface area contributed by atoms with Gasteiger partial charge in [0.1, 0.15) is 0 Å². The van der Waals surface area contributed by atoms with Crippen molar-refractivity contribution in [2.24, 2.45) is 47.3 Å². The molecule has 17 heavy (non-hydrogen) atoms. The molecule has 3 aliphatic carbocycles. The number of hydrogen-bond donors (Lipinski definition) is 0. The standard InChI is InChI=1S/C17H30/c1-5-13-7-14(13)6-10(2)16-8-15(16)9-17-11(3)12(17)4/h10-17H,5-9H2,1-4H3. The minimum atomic E-state index is 1.03. The monoisotopic (exact) mass is 234 g/mol. The summed E-state index contributed by atoms with van der Waals surface area (Å²) in [5.41, 5.74) is 0. The SMILES string of the molecule is CCC1CC1CC(C)C1CC1CC1C(C)C1C. The molecule has 0 heteroatoms. The molecule has 0 amide bonds. The molecule has 0 N–H and O–H groups in total. The van der Waals surface area contributed by atoms with E-state index in [4.69, 9.17) is 0 Å². The second-order valence-corrected chi connectivity index (χ2v) is 7.65. The van der Waals surface area contributed by atoms with Crippen molar-refractivity contribution in [2.45, 2.75) is 59.8 Å². The zero-order chi connectivity index (χ0) is 12.2. The zero-order valence-corrected chi connectivity index (χ0v) is 12.2. The largest absolute Gasteiger partial charge is 0.0651 e. The van der Waals surface area contributed by atoms with Gasteiger partial charge in [-0.05, 0) is 73.0 Å². The van der Waals surface area contributed by atoms with Crippen LogP contribution in [0, 0.1) is 47.3 Å². The van der Waals surface area contributed by atoms with E-state index in [2.05, 4.69) is 27.7 Å². The van der Waals surface area contributed by atoms with E-state index in [1.54, 1.807) is 25.7 Å². The first-order chi connectivity index (χ1) is 8.11. The Morgan fingerprint density at radius 2 is 1.71 bits per heavy atom. The Kier molecular flexibility index (Phi) is 3.04. The molecule has 0 saturated heterocycles. The van der Waals surface area contributed by atoms with E-state index in [0.29, 0.717) is 0 Å². The molecule has 0 heterocycles. The third-order valence-corrected chi connectivity index (χ3v) is 6.59. The van der Waals surface area contributed by atoms with Crippen LogP contribution in [-0.4, -0.2) is 0 Å². The first-order valence-corrected chi connectivity index (χ1v) is 8.11. The molecule has 3 saturated carbocycles. The van der Waals surface area contributed by atoms with E-state index in [1.807, 2.05) is 0 Å². The van der Waals surface area contributed by atoms with Crippen LogP contribution < -0.4 is 0 Å². The average Bonchev–Trinajstić information content (AvgIpc) is 3.20. The van der Waals surface area contributed by atoms with Crippen molar-refractivity contribution in [1.82, 2.24) is 0 Å². The first-order valence-electron chi connectivity index (χ1n) is 8.11. The van der Waals surface area contributed by atoms with Gasteiger partial charge in [-0.25, -0.2) is 0 Å². The third kappa shape index (κ3) is 2.42. The highest BCUT2D eigenvalue weighted by Crippen LogP contribution is 2.58. The Labute approximate surface area is 108 Å². The van der Waals surface area contributed by atoms with E-state index in [-0.39, 0.29) is 0 Å². The third-order valence-electron chi connectivity index (χ3n) is 6.59. The highest BCUT2D eigenvalue weighted by atomic mass is 14.6. The molecule has 0 nitrogen and oxygen atoms in total. The van der Waals surface area contributed by atoms with Crippen molar-refractivity contribution in [2.75, 3.05) is 0 Å². The highest BCUT2D eigenvalue weighted by Gasteiger charge is 2.50. The van der Waals surface area contributed by atoms with Gasteiger partial charge in [0.2, 0.25) is 0 Å². The maximum atomic E-state index is 2.54. The predicted octanol–water partition coefficient (Wildman–Crippen LogP) is 4.99. The predicted molar refractivity (Wildman–Crippen MR) is 73.7 cm³/mol. The molecule has 0 radical (unpaired) electrons. The van der Waals surface area contributed by atoms with Crippen molar-refractivity contribution < 1.29 is 0 Å². The van der Waals surface area contributed by atoms with Crippen molar-refractivity contribution >= 4 is 0 Å². The quantitative estimate of drug-likeness (QED) is 0.607. The van der Waals surface area contributed by atoms with Gasteiger partial charge >= 0.3 is 0 Å². The first kappa shape index (κ1) is 12.1. The van der Waals surface area contributed by atoms with E-state index < -0.39 is 0 Å². The summed E-state index contributed by atoms with van der Waals surface area (Å²) < 4.78 is 0. The molecule has 0 aromatic heterocycles. The lowest BCUT2D eigenvalue weighted by Gasteiger charge is -2.10. The molecule has 3 fully saturated rings. The smallest absolute Gasteiger partial charge is 0.0355 e. The van der Waals surface area contributed by atoms with Crippen LogP contribution in [0.1, 0.15) is 59.8 Å². The van der Waals surface area contributed by atoms with Crippen LogP contribution in [0.15, 0.2) is 0 Å². The van der Waals surface area contributed by atoms with E-state index in [1.165, 1.54) is 6.42 Å². The van der Waals surface area contributed by atoms with Gasteiger partial charge in [0.05, 0.1) is 0 Å². The minimum absolute atomic E-state index is 1.03. The molecule has 3 aliphatic rings. The van der Waals surface area contributed by atoms with Crippen molar-refractivity contribution in [3.05, 3.63) is 0 Å². The molecule has 98 valence electrons. The van der Waals surface area contributed by atoms with Gasteiger partial charge in [-0.3, -0.25) is 0 Å². The summed E-state index contributed by atoms with van der Waals surface area (Å²) >= 11 is 0. The van der Waals surface area contributed by atoms with Crippen LogP contribution in [0.25, 0.3) is 0 Å². The molecule has 7 unspecified atom stereocenters. The summed E-state index contributed by atoms with van der Waals surface area (Å²) in [6.07, 6.45) is 7.67. The van der Waals surface area contributed by atoms with Crippen LogP contribution in [0.5, 0.6) is 0 Å². The summed E-state index contributed by atoms with van der Waals surface area (Å²) in [4.78, 5) is 0. The summed E-state index contributed by atoms with van der Waals surface area (Å²) in [5, 5.41) is 0. The van der Waals surface area contributed by atoms with Crippen LogP contribution >= 0.6 is 0 Å². The summed E-state index contributed by atoms with van der Waals surface area (Å²) in [6, 6.07) is 0. The number of rotatable bonds is 6. The summed E-state index contributed by atoms with van der Waals surface area (Å²) in [6.45, 7) is 9.80. The van der Waals surface area contributed by atoms with Gasteiger partial charge < -0.3 is 0 Å². The molecular weight excluding hydrogens is 204 g/mol.